The Hall–Kier alpha value is -3.41. The minimum absolute atomic E-state index is 0.149. The minimum Gasteiger partial charge on any atom is -0.421 e. The quantitative estimate of drug-likeness (QED) is 0.569. The lowest BCUT2D eigenvalue weighted by Gasteiger charge is -2.08. The number of fused-ring (bicyclic) bond motifs is 1. The van der Waals surface area contributed by atoms with E-state index in [1.165, 1.54) is 6.07 Å². The van der Waals surface area contributed by atoms with Crippen molar-refractivity contribution in [2.75, 3.05) is 0 Å². The van der Waals surface area contributed by atoms with Crippen LogP contribution in [0.15, 0.2) is 59.4 Å². The first kappa shape index (κ1) is 14.5. The largest absolute Gasteiger partial charge is 0.421 e. The molecular weight excluding hydrogens is 296 g/mol. The molecule has 0 aliphatic heterocycles. The molecule has 0 aliphatic rings. The standard InChI is InChI=1S/C17H12N2O4/c18-15(20)12-9-11-7-4-8-13(14(11)19-16(12)21)23-17(22)10-5-2-1-3-6-10/h1-9H,(H2,18,20)(H,19,21). The summed E-state index contributed by atoms with van der Waals surface area (Å²) in [6, 6.07) is 14.7. The van der Waals surface area contributed by atoms with E-state index in [0.29, 0.717) is 16.5 Å². The fraction of sp³-hybridized carbons (Fsp3) is 0. The van der Waals surface area contributed by atoms with E-state index in [2.05, 4.69) is 4.98 Å². The van der Waals surface area contributed by atoms with Gasteiger partial charge in [0.2, 0.25) is 0 Å². The molecule has 0 aliphatic carbocycles. The second-order valence-corrected chi connectivity index (χ2v) is 4.85. The van der Waals surface area contributed by atoms with Crippen LogP contribution >= 0.6 is 0 Å². The molecule has 1 amide bonds. The van der Waals surface area contributed by atoms with Gasteiger partial charge in [0.15, 0.2) is 5.75 Å². The molecule has 0 fully saturated rings. The van der Waals surface area contributed by atoms with Crippen LogP contribution in [0.3, 0.4) is 0 Å². The highest BCUT2D eigenvalue weighted by Crippen LogP contribution is 2.23. The predicted octanol–water partition coefficient (Wildman–Crippen LogP) is 1.85. The molecule has 6 nitrogen and oxygen atoms in total. The zero-order valence-corrected chi connectivity index (χ0v) is 11.9. The van der Waals surface area contributed by atoms with Crippen LogP contribution in [-0.2, 0) is 0 Å². The monoisotopic (exact) mass is 308 g/mol. The fourth-order valence-corrected chi connectivity index (χ4v) is 2.21. The third kappa shape index (κ3) is 2.82. The first-order valence-corrected chi connectivity index (χ1v) is 6.79. The van der Waals surface area contributed by atoms with Crippen molar-refractivity contribution in [1.82, 2.24) is 4.98 Å². The lowest BCUT2D eigenvalue weighted by atomic mass is 10.1. The van der Waals surface area contributed by atoms with Gasteiger partial charge < -0.3 is 15.5 Å². The van der Waals surface area contributed by atoms with Crippen LogP contribution in [0, 0.1) is 0 Å². The van der Waals surface area contributed by atoms with Crippen molar-refractivity contribution >= 4 is 22.8 Å². The molecule has 3 N–H and O–H groups in total. The average molecular weight is 308 g/mol. The van der Waals surface area contributed by atoms with Gasteiger partial charge in [-0.25, -0.2) is 4.79 Å². The van der Waals surface area contributed by atoms with Crippen LogP contribution in [0.2, 0.25) is 0 Å². The topological polar surface area (TPSA) is 102 Å². The number of carbonyl (C=O) groups excluding carboxylic acids is 2. The second kappa shape index (κ2) is 5.76. The van der Waals surface area contributed by atoms with Crippen molar-refractivity contribution in [2.45, 2.75) is 0 Å². The Labute approximate surface area is 130 Å². The van der Waals surface area contributed by atoms with E-state index in [9.17, 15) is 14.4 Å². The third-order valence-corrected chi connectivity index (χ3v) is 3.32. The highest BCUT2D eigenvalue weighted by molar-refractivity contribution is 5.98. The third-order valence-electron chi connectivity index (χ3n) is 3.32. The summed E-state index contributed by atoms with van der Waals surface area (Å²) in [6.45, 7) is 0. The van der Waals surface area contributed by atoms with Gasteiger partial charge in [0.05, 0.1) is 11.1 Å². The van der Waals surface area contributed by atoms with E-state index in [4.69, 9.17) is 10.5 Å². The summed E-state index contributed by atoms with van der Waals surface area (Å²) in [4.78, 5) is 37.8. The molecule has 0 spiro atoms. The van der Waals surface area contributed by atoms with Crippen LogP contribution in [-0.4, -0.2) is 16.9 Å². The smallest absolute Gasteiger partial charge is 0.343 e. The van der Waals surface area contributed by atoms with Crippen molar-refractivity contribution in [1.29, 1.82) is 0 Å². The first-order chi connectivity index (χ1) is 11.1. The molecule has 23 heavy (non-hydrogen) atoms. The Balaban J connectivity index is 2.05. The van der Waals surface area contributed by atoms with Gasteiger partial charge in [-0.3, -0.25) is 9.59 Å². The van der Waals surface area contributed by atoms with Crippen molar-refractivity contribution in [3.63, 3.8) is 0 Å². The van der Waals surface area contributed by atoms with Crippen LogP contribution in [0.4, 0.5) is 0 Å². The second-order valence-electron chi connectivity index (χ2n) is 4.85. The fourth-order valence-electron chi connectivity index (χ4n) is 2.21. The zero-order chi connectivity index (χ0) is 16.4. The van der Waals surface area contributed by atoms with E-state index < -0.39 is 17.4 Å². The zero-order valence-electron chi connectivity index (χ0n) is 11.9. The van der Waals surface area contributed by atoms with Gasteiger partial charge in [-0.05, 0) is 24.3 Å². The number of pyridine rings is 1. The van der Waals surface area contributed by atoms with Crippen molar-refractivity contribution in [3.8, 4) is 5.75 Å². The molecule has 0 saturated carbocycles. The van der Waals surface area contributed by atoms with Gasteiger partial charge in [0.25, 0.3) is 11.5 Å². The molecule has 6 heteroatoms. The highest BCUT2D eigenvalue weighted by Gasteiger charge is 2.14. The molecule has 2 aromatic carbocycles. The molecule has 0 unspecified atom stereocenters. The van der Waals surface area contributed by atoms with Gasteiger partial charge in [-0.15, -0.1) is 0 Å². The van der Waals surface area contributed by atoms with Crippen molar-refractivity contribution < 1.29 is 14.3 Å². The number of esters is 1. The number of aromatic nitrogens is 1. The number of hydrogen-bond acceptors (Lipinski definition) is 4. The van der Waals surface area contributed by atoms with Gasteiger partial charge in [0.1, 0.15) is 5.56 Å². The Morgan fingerprint density at radius 3 is 2.43 bits per heavy atom. The van der Waals surface area contributed by atoms with E-state index in [0.717, 1.165) is 0 Å². The summed E-state index contributed by atoms with van der Waals surface area (Å²) in [5, 5.41) is 0.539. The number of nitrogens with two attached hydrogens (primary N) is 1. The number of amides is 1. The number of nitrogens with one attached hydrogen (secondary N) is 1. The molecular formula is C17H12N2O4. The molecule has 0 bridgehead atoms. The van der Waals surface area contributed by atoms with Crippen LogP contribution < -0.4 is 16.0 Å². The van der Waals surface area contributed by atoms with E-state index in [-0.39, 0.29) is 11.3 Å². The van der Waals surface area contributed by atoms with Crippen LogP contribution in [0.25, 0.3) is 10.9 Å². The number of primary amides is 1. The average Bonchev–Trinajstić information content (AvgIpc) is 2.55. The molecule has 3 rings (SSSR count). The predicted molar refractivity (Wildman–Crippen MR) is 84.5 cm³/mol. The molecule has 1 aromatic heterocycles. The number of hydrogen-bond donors (Lipinski definition) is 2. The Kier molecular flexibility index (Phi) is 3.64. The number of para-hydroxylation sites is 1. The number of ether oxygens (including phenoxy) is 1. The molecule has 0 saturated heterocycles. The number of aromatic amines is 1. The lowest BCUT2D eigenvalue weighted by Crippen LogP contribution is -2.23. The summed E-state index contributed by atoms with van der Waals surface area (Å²) < 4.78 is 5.34. The van der Waals surface area contributed by atoms with Gasteiger partial charge in [0, 0.05) is 5.39 Å². The van der Waals surface area contributed by atoms with E-state index in [1.807, 2.05) is 0 Å². The highest BCUT2D eigenvalue weighted by atomic mass is 16.5. The van der Waals surface area contributed by atoms with Crippen molar-refractivity contribution in [2.24, 2.45) is 5.73 Å². The Morgan fingerprint density at radius 2 is 1.74 bits per heavy atom. The number of H-pyrrole nitrogens is 1. The summed E-state index contributed by atoms with van der Waals surface area (Å²) in [6.07, 6.45) is 0. The molecule has 3 aromatic rings. The van der Waals surface area contributed by atoms with Crippen molar-refractivity contribution in [3.05, 3.63) is 76.1 Å². The number of rotatable bonds is 3. The first-order valence-electron chi connectivity index (χ1n) is 6.79. The van der Waals surface area contributed by atoms with Gasteiger partial charge >= 0.3 is 5.97 Å². The van der Waals surface area contributed by atoms with Crippen LogP contribution in [0.1, 0.15) is 20.7 Å². The molecule has 114 valence electrons. The van der Waals surface area contributed by atoms with Crippen LogP contribution in [0.5, 0.6) is 5.75 Å². The maximum Gasteiger partial charge on any atom is 0.343 e. The summed E-state index contributed by atoms with van der Waals surface area (Å²) in [5.74, 6) is -1.16. The van der Waals surface area contributed by atoms with E-state index in [1.54, 1.807) is 48.5 Å². The lowest BCUT2D eigenvalue weighted by molar-refractivity contribution is 0.0736. The van der Waals surface area contributed by atoms with E-state index >= 15 is 0 Å². The SMILES string of the molecule is NC(=O)c1cc2cccc(OC(=O)c3ccccc3)c2[nH]c1=O. The molecule has 0 radical (unpaired) electrons. The maximum absolute atomic E-state index is 12.1. The molecule has 1 heterocycles. The van der Waals surface area contributed by atoms with Gasteiger partial charge in [-0.1, -0.05) is 30.3 Å². The summed E-state index contributed by atoms with van der Waals surface area (Å²) >= 11 is 0. The van der Waals surface area contributed by atoms with Gasteiger partial charge in [-0.2, -0.15) is 0 Å². The molecule has 0 atom stereocenters. The number of carbonyl (C=O) groups is 2. The minimum atomic E-state index is -0.820. The summed E-state index contributed by atoms with van der Waals surface area (Å²) in [7, 11) is 0. The normalized spacial score (nSPS) is 10.4. The number of benzene rings is 2. The Bertz CT molecular complexity index is 961. The summed E-state index contributed by atoms with van der Waals surface area (Å²) in [5.41, 5.74) is 5.09. The Morgan fingerprint density at radius 1 is 1.00 bits per heavy atom. The maximum atomic E-state index is 12.1.